The summed E-state index contributed by atoms with van der Waals surface area (Å²) >= 11 is 0. The number of likely N-dealkylation sites (tertiary alicyclic amines) is 1. The number of esters is 1. The second kappa shape index (κ2) is 4.33. The second-order valence-electron chi connectivity index (χ2n) is 6.97. The van der Waals surface area contributed by atoms with Gasteiger partial charge in [-0.15, -0.1) is 0 Å². The van der Waals surface area contributed by atoms with E-state index in [9.17, 15) is 9.59 Å². The van der Waals surface area contributed by atoms with Crippen LogP contribution in [0.25, 0.3) is 0 Å². The quantitative estimate of drug-likeness (QED) is 0.784. The molecule has 2 fully saturated rings. The molecule has 1 heterocycles. The third-order valence-corrected chi connectivity index (χ3v) is 4.55. The van der Waals surface area contributed by atoms with Gasteiger partial charge in [0.05, 0.1) is 0 Å². The first-order valence-electron chi connectivity index (χ1n) is 7.35. The average molecular weight is 287 g/mol. The molecule has 3 atom stereocenters. The van der Waals surface area contributed by atoms with Crippen LogP contribution in [0.2, 0.25) is 0 Å². The predicted molar refractivity (Wildman–Crippen MR) is 78.6 cm³/mol. The van der Waals surface area contributed by atoms with Gasteiger partial charge in [0.2, 0.25) is 5.60 Å². The Morgan fingerprint density at radius 2 is 1.90 bits per heavy atom. The van der Waals surface area contributed by atoms with Gasteiger partial charge in [0.15, 0.2) is 0 Å². The topological polar surface area (TPSA) is 46.6 Å². The Bertz CT molecular complexity index is 590. The fourth-order valence-corrected chi connectivity index (χ4v) is 3.60. The van der Waals surface area contributed by atoms with E-state index in [1.807, 2.05) is 56.0 Å². The molecule has 1 aromatic carbocycles. The van der Waals surface area contributed by atoms with Crippen LogP contribution < -0.4 is 0 Å². The highest BCUT2D eigenvalue weighted by Crippen LogP contribution is 2.65. The Labute approximate surface area is 125 Å². The van der Waals surface area contributed by atoms with Gasteiger partial charge in [0.1, 0.15) is 0 Å². The van der Waals surface area contributed by atoms with E-state index in [-0.39, 0.29) is 29.3 Å². The number of hydrogen-bond acceptors (Lipinski definition) is 3. The van der Waals surface area contributed by atoms with Crippen LogP contribution in [0.3, 0.4) is 0 Å². The number of carbonyl (C=O) groups excluding carboxylic acids is 2. The van der Waals surface area contributed by atoms with Gasteiger partial charge in [-0.25, -0.2) is 0 Å². The van der Waals surface area contributed by atoms with Gasteiger partial charge in [-0.05, 0) is 26.3 Å². The van der Waals surface area contributed by atoms with Crippen molar-refractivity contribution in [1.29, 1.82) is 0 Å². The molecule has 3 rings (SSSR count). The number of carbonyl (C=O) groups is 2. The van der Waals surface area contributed by atoms with Gasteiger partial charge < -0.3 is 9.64 Å². The van der Waals surface area contributed by atoms with Gasteiger partial charge in [0, 0.05) is 30.8 Å². The van der Waals surface area contributed by atoms with Crippen molar-refractivity contribution < 1.29 is 14.3 Å². The van der Waals surface area contributed by atoms with Crippen molar-refractivity contribution in [3.63, 3.8) is 0 Å². The molecule has 1 saturated carbocycles. The van der Waals surface area contributed by atoms with Gasteiger partial charge >= 0.3 is 5.97 Å². The van der Waals surface area contributed by atoms with Crippen molar-refractivity contribution in [3.8, 4) is 0 Å². The monoisotopic (exact) mass is 287 g/mol. The van der Waals surface area contributed by atoms with Crippen molar-refractivity contribution >= 4 is 11.9 Å². The molecule has 21 heavy (non-hydrogen) atoms. The molecule has 0 N–H and O–H groups in total. The smallest absolute Gasteiger partial charge is 0.303 e. The van der Waals surface area contributed by atoms with Gasteiger partial charge in [-0.3, -0.25) is 9.59 Å². The van der Waals surface area contributed by atoms with Crippen LogP contribution in [0.5, 0.6) is 0 Å². The van der Waals surface area contributed by atoms with Crippen LogP contribution in [0.1, 0.15) is 39.2 Å². The zero-order valence-electron chi connectivity index (χ0n) is 12.9. The minimum Gasteiger partial charge on any atom is -0.448 e. The fourth-order valence-electron chi connectivity index (χ4n) is 3.60. The number of hydrogen-bond donors (Lipinski definition) is 0. The summed E-state index contributed by atoms with van der Waals surface area (Å²) in [5, 5.41) is 0. The molecule has 1 aliphatic carbocycles. The molecule has 1 aliphatic heterocycles. The summed E-state index contributed by atoms with van der Waals surface area (Å²) in [5.41, 5.74) is -0.148. The third kappa shape index (κ3) is 1.96. The summed E-state index contributed by atoms with van der Waals surface area (Å²) in [5.74, 6) is -0.379. The summed E-state index contributed by atoms with van der Waals surface area (Å²) in [4.78, 5) is 26.2. The standard InChI is InChI=1S/C17H21NO3/c1-11(19)21-17-13(10-18(15(17)20)16(2,3)4)14(17)12-8-6-5-7-9-12/h5-9,13-14H,10H2,1-4H3. The molecule has 1 aromatic rings. The highest BCUT2D eigenvalue weighted by atomic mass is 16.6. The van der Waals surface area contributed by atoms with Crippen molar-refractivity contribution in [3.05, 3.63) is 35.9 Å². The van der Waals surface area contributed by atoms with Crippen molar-refractivity contribution in [2.75, 3.05) is 6.54 Å². The number of benzene rings is 1. The first-order chi connectivity index (χ1) is 9.78. The van der Waals surface area contributed by atoms with E-state index < -0.39 is 5.60 Å². The maximum Gasteiger partial charge on any atom is 0.303 e. The van der Waals surface area contributed by atoms with E-state index in [0.717, 1.165) is 5.56 Å². The molecular formula is C17H21NO3. The van der Waals surface area contributed by atoms with E-state index in [4.69, 9.17) is 4.74 Å². The molecule has 1 amide bonds. The number of amides is 1. The summed E-state index contributed by atoms with van der Waals surface area (Å²) in [6, 6.07) is 9.86. The molecule has 112 valence electrons. The summed E-state index contributed by atoms with van der Waals surface area (Å²) in [6.45, 7) is 8.05. The number of fused-ring (bicyclic) bond motifs is 1. The normalized spacial score (nSPS) is 31.0. The molecule has 3 unspecified atom stereocenters. The van der Waals surface area contributed by atoms with Gasteiger partial charge in [-0.1, -0.05) is 30.3 Å². The summed E-state index contributed by atoms with van der Waals surface area (Å²) in [6.07, 6.45) is 0. The Hall–Kier alpha value is -1.84. The summed E-state index contributed by atoms with van der Waals surface area (Å²) in [7, 11) is 0. The average Bonchev–Trinajstić information content (AvgIpc) is 2.92. The van der Waals surface area contributed by atoms with Gasteiger partial charge in [-0.2, -0.15) is 0 Å². The lowest BCUT2D eigenvalue weighted by molar-refractivity contribution is -0.161. The predicted octanol–water partition coefficient (Wildman–Crippen LogP) is 2.34. The SMILES string of the molecule is CC(=O)OC12C(=O)N(C(C)(C)C)CC1C2c1ccccc1. The zero-order valence-corrected chi connectivity index (χ0v) is 12.9. The second-order valence-corrected chi connectivity index (χ2v) is 6.97. The molecular weight excluding hydrogens is 266 g/mol. The highest BCUT2D eigenvalue weighted by Gasteiger charge is 2.79. The first-order valence-corrected chi connectivity index (χ1v) is 7.35. The lowest BCUT2D eigenvalue weighted by Crippen LogP contribution is -2.48. The van der Waals surface area contributed by atoms with E-state index in [1.54, 1.807) is 0 Å². The van der Waals surface area contributed by atoms with E-state index in [1.165, 1.54) is 6.92 Å². The number of piperidine rings is 1. The maximum atomic E-state index is 12.9. The molecule has 0 bridgehead atoms. The van der Waals surface area contributed by atoms with Crippen LogP contribution in [0.15, 0.2) is 30.3 Å². The van der Waals surface area contributed by atoms with E-state index >= 15 is 0 Å². The molecule has 1 saturated heterocycles. The molecule has 4 heteroatoms. The van der Waals surface area contributed by atoms with E-state index in [0.29, 0.717) is 6.54 Å². The third-order valence-electron chi connectivity index (χ3n) is 4.55. The van der Waals surface area contributed by atoms with Crippen molar-refractivity contribution in [1.82, 2.24) is 4.90 Å². The van der Waals surface area contributed by atoms with Crippen LogP contribution >= 0.6 is 0 Å². The number of rotatable bonds is 2. The molecule has 0 radical (unpaired) electrons. The minimum atomic E-state index is -0.972. The largest absolute Gasteiger partial charge is 0.448 e. The zero-order chi connectivity index (χ0) is 15.4. The van der Waals surface area contributed by atoms with E-state index in [2.05, 4.69) is 0 Å². The first kappa shape index (κ1) is 14.1. The number of ether oxygens (including phenoxy) is 1. The van der Waals surface area contributed by atoms with Crippen molar-refractivity contribution in [2.24, 2.45) is 5.92 Å². The van der Waals surface area contributed by atoms with Crippen LogP contribution in [-0.2, 0) is 14.3 Å². The van der Waals surface area contributed by atoms with Crippen molar-refractivity contribution in [2.45, 2.75) is 44.8 Å². The Morgan fingerprint density at radius 3 is 2.43 bits per heavy atom. The Kier molecular flexibility index (Phi) is 2.91. The number of nitrogens with zero attached hydrogens (tertiary/aromatic N) is 1. The molecule has 2 aliphatic rings. The van der Waals surface area contributed by atoms with Crippen LogP contribution in [0, 0.1) is 5.92 Å². The fraction of sp³-hybridized carbons (Fsp3) is 0.529. The van der Waals surface area contributed by atoms with Crippen LogP contribution in [0.4, 0.5) is 0 Å². The lowest BCUT2D eigenvalue weighted by atomic mass is 10.0. The Morgan fingerprint density at radius 1 is 1.29 bits per heavy atom. The Balaban J connectivity index is 1.96. The highest BCUT2D eigenvalue weighted by molar-refractivity contribution is 5.96. The molecule has 4 nitrogen and oxygen atoms in total. The molecule has 0 spiro atoms. The van der Waals surface area contributed by atoms with Gasteiger partial charge in [0.25, 0.3) is 5.91 Å². The maximum absolute atomic E-state index is 12.9. The molecule has 0 aromatic heterocycles. The van der Waals surface area contributed by atoms with Crippen LogP contribution in [-0.4, -0.2) is 34.5 Å². The summed E-state index contributed by atoms with van der Waals surface area (Å²) < 4.78 is 5.55. The lowest BCUT2D eigenvalue weighted by Gasteiger charge is -2.35. The minimum absolute atomic E-state index is 0.00583.